The Morgan fingerprint density at radius 3 is 2.55 bits per heavy atom. The SMILES string of the molecule is CCNC(=NCC(CC)CC)N(C)CC1CCOC1.I. The highest BCUT2D eigenvalue weighted by atomic mass is 127. The highest BCUT2D eigenvalue weighted by Crippen LogP contribution is 2.13. The second kappa shape index (κ2) is 11.6. The van der Waals surface area contributed by atoms with Gasteiger partial charge in [0, 0.05) is 39.2 Å². The smallest absolute Gasteiger partial charge is 0.193 e. The monoisotopic (exact) mass is 397 g/mol. The molecule has 1 saturated heterocycles. The predicted molar refractivity (Wildman–Crippen MR) is 97.0 cm³/mol. The molecule has 1 atom stereocenters. The molecule has 0 saturated carbocycles. The quantitative estimate of drug-likeness (QED) is 0.408. The van der Waals surface area contributed by atoms with Crippen LogP contribution in [0.3, 0.4) is 0 Å². The summed E-state index contributed by atoms with van der Waals surface area (Å²) in [7, 11) is 2.13. The fraction of sp³-hybridized carbons (Fsp3) is 0.933. The summed E-state index contributed by atoms with van der Waals surface area (Å²) in [5.41, 5.74) is 0. The number of aliphatic imine (C=N–C) groups is 1. The molecule has 0 spiro atoms. The van der Waals surface area contributed by atoms with Crippen LogP contribution >= 0.6 is 24.0 Å². The van der Waals surface area contributed by atoms with E-state index in [2.05, 4.69) is 38.0 Å². The lowest BCUT2D eigenvalue weighted by Gasteiger charge is -2.25. The summed E-state index contributed by atoms with van der Waals surface area (Å²) < 4.78 is 5.44. The maximum Gasteiger partial charge on any atom is 0.193 e. The topological polar surface area (TPSA) is 36.9 Å². The number of hydrogen-bond donors (Lipinski definition) is 1. The number of nitrogens with one attached hydrogen (secondary N) is 1. The van der Waals surface area contributed by atoms with Gasteiger partial charge in [-0.3, -0.25) is 4.99 Å². The van der Waals surface area contributed by atoms with Crippen LogP contribution in [0, 0.1) is 11.8 Å². The Balaban J connectivity index is 0.00000361. The van der Waals surface area contributed by atoms with Crippen LogP contribution in [0.25, 0.3) is 0 Å². The maximum atomic E-state index is 5.44. The molecule has 1 rings (SSSR count). The van der Waals surface area contributed by atoms with E-state index in [-0.39, 0.29) is 24.0 Å². The first-order chi connectivity index (χ1) is 9.21. The van der Waals surface area contributed by atoms with E-state index in [0.29, 0.717) is 11.8 Å². The zero-order chi connectivity index (χ0) is 14.1. The molecule has 0 aromatic rings. The van der Waals surface area contributed by atoms with Crippen molar-refractivity contribution in [3.8, 4) is 0 Å². The largest absolute Gasteiger partial charge is 0.381 e. The molecule has 0 aliphatic carbocycles. The zero-order valence-electron chi connectivity index (χ0n) is 13.5. The molecule has 0 aromatic carbocycles. The Hall–Kier alpha value is -0.0400. The minimum absolute atomic E-state index is 0. The van der Waals surface area contributed by atoms with Crippen LogP contribution in [-0.2, 0) is 4.74 Å². The van der Waals surface area contributed by atoms with Crippen LogP contribution in [0.5, 0.6) is 0 Å². The highest BCUT2D eigenvalue weighted by Gasteiger charge is 2.19. The average Bonchev–Trinajstić information content (AvgIpc) is 2.91. The Morgan fingerprint density at radius 2 is 2.05 bits per heavy atom. The Morgan fingerprint density at radius 1 is 1.35 bits per heavy atom. The van der Waals surface area contributed by atoms with Crippen molar-refractivity contribution in [2.75, 3.05) is 39.9 Å². The van der Waals surface area contributed by atoms with Crippen molar-refractivity contribution in [3.05, 3.63) is 0 Å². The molecule has 1 unspecified atom stereocenters. The van der Waals surface area contributed by atoms with Crippen LogP contribution < -0.4 is 5.32 Å². The van der Waals surface area contributed by atoms with Gasteiger partial charge in [0.1, 0.15) is 0 Å². The van der Waals surface area contributed by atoms with E-state index in [1.807, 2.05) is 0 Å². The molecule has 1 fully saturated rings. The molecule has 1 aliphatic rings. The Kier molecular flexibility index (Phi) is 11.6. The summed E-state index contributed by atoms with van der Waals surface area (Å²) in [5, 5.41) is 3.39. The summed E-state index contributed by atoms with van der Waals surface area (Å²) in [6.07, 6.45) is 3.59. The Bertz CT molecular complexity index is 264. The first-order valence-corrected chi connectivity index (χ1v) is 7.78. The minimum Gasteiger partial charge on any atom is -0.381 e. The van der Waals surface area contributed by atoms with Gasteiger partial charge in [-0.2, -0.15) is 0 Å². The first kappa shape index (κ1) is 20.0. The standard InChI is InChI=1S/C15H31N3O.HI/c1-5-13(6-2)10-17-15(16-7-3)18(4)11-14-8-9-19-12-14;/h13-14H,5-12H2,1-4H3,(H,16,17);1H. The van der Waals surface area contributed by atoms with E-state index in [1.165, 1.54) is 19.3 Å². The molecule has 0 aromatic heterocycles. The molecule has 0 radical (unpaired) electrons. The van der Waals surface area contributed by atoms with Gasteiger partial charge in [0.05, 0.1) is 6.61 Å². The molecule has 0 amide bonds. The second-order valence-electron chi connectivity index (χ2n) is 5.49. The first-order valence-electron chi connectivity index (χ1n) is 7.78. The normalized spacial score (nSPS) is 19.1. The van der Waals surface area contributed by atoms with Crippen molar-refractivity contribution in [1.82, 2.24) is 10.2 Å². The summed E-state index contributed by atoms with van der Waals surface area (Å²) in [4.78, 5) is 7.04. The lowest BCUT2D eigenvalue weighted by Crippen LogP contribution is -2.41. The van der Waals surface area contributed by atoms with Crippen molar-refractivity contribution in [1.29, 1.82) is 0 Å². The lowest BCUT2D eigenvalue weighted by molar-refractivity contribution is 0.181. The zero-order valence-corrected chi connectivity index (χ0v) is 15.9. The minimum atomic E-state index is 0. The molecule has 0 bridgehead atoms. The summed E-state index contributed by atoms with van der Waals surface area (Å²) in [6, 6.07) is 0. The second-order valence-corrected chi connectivity index (χ2v) is 5.49. The van der Waals surface area contributed by atoms with E-state index < -0.39 is 0 Å². The molecular weight excluding hydrogens is 365 g/mol. The molecule has 1 N–H and O–H groups in total. The molecular formula is C15H32IN3O. The number of rotatable bonds is 7. The molecule has 5 heteroatoms. The van der Waals surface area contributed by atoms with E-state index >= 15 is 0 Å². The van der Waals surface area contributed by atoms with Gasteiger partial charge in [-0.25, -0.2) is 0 Å². The van der Waals surface area contributed by atoms with Gasteiger partial charge in [-0.1, -0.05) is 26.7 Å². The Labute approximate surface area is 141 Å². The van der Waals surface area contributed by atoms with Gasteiger partial charge in [0.25, 0.3) is 0 Å². The summed E-state index contributed by atoms with van der Waals surface area (Å²) >= 11 is 0. The number of hydrogen-bond acceptors (Lipinski definition) is 2. The van der Waals surface area contributed by atoms with Crippen LogP contribution in [0.15, 0.2) is 4.99 Å². The van der Waals surface area contributed by atoms with E-state index in [9.17, 15) is 0 Å². The molecule has 1 heterocycles. The van der Waals surface area contributed by atoms with Crippen LogP contribution in [0.4, 0.5) is 0 Å². The van der Waals surface area contributed by atoms with Gasteiger partial charge < -0.3 is 15.0 Å². The van der Waals surface area contributed by atoms with E-state index in [1.54, 1.807) is 0 Å². The number of halogens is 1. The van der Waals surface area contributed by atoms with Crippen LogP contribution in [0.2, 0.25) is 0 Å². The number of guanidine groups is 1. The fourth-order valence-electron chi connectivity index (χ4n) is 2.43. The third-order valence-electron chi connectivity index (χ3n) is 3.91. The van der Waals surface area contributed by atoms with Gasteiger partial charge in [0.2, 0.25) is 0 Å². The predicted octanol–water partition coefficient (Wildman–Crippen LogP) is 2.97. The fourth-order valence-corrected chi connectivity index (χ4v) is 2.43. The third kappa shape index (κ3) is 7.11. The maximum absolute atomic E-state index is 5.44. The average molecular weight is 397 g/mol. The number of ether oxygens (including phenoxy) is 1. The highest BCUT2D eigenvalue weighted by molar-refractivity contribution is 14.0. The third-order valence-corrected chi connectivity index (χ3v) is 3.91. The van der Waals surface area contributed by atoms with E-state index in [0.717, 1.165) is 38.8 Å². The number of nitrogens with zero attached hydrogens (tertiary/aromatic N) is 2. The van der Waals surface area contributed by atoms with Gasteiger partial charge >= 0.3 is 0 Å². The molecule has 4 nitrogen and oxygen atoms in total. The summed E-state index contributed by atoms with van der Waals surface area (Å²) in [5.74, 6) is 2.40. The van der Waals surface area contributed by atoms with E-state index in [4.69, 9.17) is 9.73 Å². The van der Waals surface area contributed by atoms with Crippen molar-refractivity contribution in [2.45, 2.75) is 40.0 Å². The molecule has 1 aliphatic heterocycles. The van der Waals surface area contributed by atoms with Crippen LogP contribution in [0.1, 0.15) is 40.0 Å². The van der Waals surface area contributed by atoms with Gasteiger partial charge in [-0.15, -0.1) is 24.0 Å². The van der Waals surface area contributed by atoms with Crippen molar-refractivity contribution in [3.63, 3.8) is 0 Å². The molecule has 20 heavy (non-hydrogen) atoms. The van der Waals surface area contributed by atoms with Crippen molar-refractivity contribution >= 4 is 29.9 Å². The van der Waals surface area contributed by atoms with Gasteiger partial charge in [-0.05, 0) is 19.3 Å². The lowest BCUT2D eigenvalue weighted by atomic mass is 10.0. The van der Waals surface area contributed by atoms with Crippen LogP contribution in [-0.4, -0.2) is 50.8 Å². The van der Waals surface area contributed by atoms with Gasteiger partial charge in [0.15, 0.2) is 5.96 Å². The summed E-state index contributed by atoms with van der Waals surface area (Å²) in [6.45, 7) is 11.3. The van der Waals surface area contributed by atoms with Crippen molar-refractivity contribution < 1.29 is 4.74 Å². The molecule has 120 valence electrons. The van der Waals surface area contributed by atoms with Crippen molar-refractivity contribution in [2.24, 2.45) is 16.8 Å².